The molecular formula is C22H34ClN. The average molecular weight is 348 g/mol. The molecule has 2 unspecified atom stereocenters. The number of nitrogens with one attached hydrogen (secondary N) is 1. The summed E-state index contributed by atoms with van der Waals surface area (Å²) >= 11 is 6.56. The minimum atomic E-state index is 0.386. The predicted molar refractivity (Wildman–Crippen MR) is 106 cm³/mol. The Hall–Kier alpha value is -0.690. The Morgan fingerprint density at radius 1 is 1.04 bits per heavy atom. The van der Waals surface area contributed by atoms with E-state index in [2.05, 4.69) is 44.3 Å². The fraction of sp³-hybridized carbons (Fsp3) is 0.727. The normalized spacial score (nSPS) is 39.3. The van der Waals surface area contributed by atoms with E-state index in [0.717, 1.165) is 23.2 Å². The summed E-state index contributed by atoms with van der Waals surface area (Å²) in [6, 6.07) is 6.81. The third kappa shape index (κ3) is 2.98. The van der Waals surface area contributed by atoms with Crippen LogP contribution in [0, 0.1) is 16.7 Å². The van der Waals surface area contributed by atoms with Gasteiger partial charge in [-0.15, -0.1) is 0 Å². The summed E-state index contributed by atoms with van der Waals surface area (Å²) in [7, 11) is 0. The molecular weight excluding hydrogens is 314 g/mol. The topological polar surface area (TPSA) is 12.0 Å². The molecule has 4 bridgehead atoms. The van der Waals surface area contributed by atoms with Crippen molar-refractivity contribution in [1.82, 2.24) is 0 Å². The highest BCUT2D eigenvalue weighted by Crippen LogP contribution is 2.69. The zero-order valence-electron chi connectivity index (χ0n) is 16.1. The van der Waals surface area contributed by atoms with E-state index >= 15 is 0 Å². The zero-order chi connectivity index (χ0) is 17.6. The molecule has 0 radical (unpaired) electrons. The van der Waals surface area contributed by atoms with Crippen LogP contribution in [0.1, 0.15) is 78.7 Å². The first kappa shape index (κ1) is 18.1. The fourth-order valence-electron chi connectivity index (χ4n) is 6.95. The van der Waals surface area contributed by atoms with Crippen molar-refractivity contribution in [2.45, 2.75) is 78.6 Å². The van der Waals surface area contributed by atoms with Crippen LogP contribution in [-0.4, -0.2) is 6.54 Å². The standard InChI is InChI=1S/C20H28ClN.C2H6/c1-4-22-17-6-5-15(7-16(17)21)20-10-14-8-18(2,12-20)11-19(3,9-14)13-20;1-2/h5-7,14,22H,4,8-13H2,1-3H3;1-2H3. The van der Waals surface area contributed by atoms with Crippen LogP contribution in [0.25, 0.3) is 0 Å². The van der Waals surface area contributed by atoms with E-state index in [1.54, 1.807) is 0 Å². The van der Waals surface area contributed by atoms with Crippen LogP contribution in [0.2, 0.25) is 5.02 Å². The van der Waals surface area contributed by atoms with Crippen molar-refractivity contribution < 1.29 is 0 Å². The van der Waals surface area contributed by atoms with Crippen LogP contribution in [0.3, 0.4) is 0 Å². The van der Waals surface area contributed by atoms with Crippen molar-refractivity contribution in [2.24, 2.45) is 16.7 Å². The van der Waals surface area contributed by atoms with Crippen LogP contribution in [0.4, 0.5) is 5.69 Å². The molecule has 0 heterocycles. The van der Waals surface area contributed by atoms with Gasteiger partial charge in [0.05, 0.1) is 10.7 Å². The van der Waals surface area contributed by atoms with Gasteiger partial charge in [0.1, 0.15) is 0 Å². The zero-order valence-corrected chi connectivity index (χ0v) is 16.9. The maximum Gasteiger partial charge on any atom is 0.0640 e. The molecule has 2 atom stereocenters. The summed E-state index contributed by atoms with van der Waals surface area (Å²) in [6.07, 6.45) is 8.45. The molecule has 24 heavy (non-hydrogen) atoms. The van der Waals surface area contributed by atoms with E-state index in [9.17, 15) is 0 Å². The molecule has 4 aliphatic rings. The molecule has 4 aliphatic carbocycles. The first-order chi connectivity index (χ1) is 11.4. The van der Waals surface area contributed by atoms with Crippen molar-refractivity contribution in [3.8, 4) is 0 Å². The van der Waals surface area contributed by atoms with Crippen LogP contribution >= 0.6 is 11.6 Å². The van der Waals surface area contributed by atoms with Gasteiger partial charge < -0.3 is 5.32 Å². The van der Waals surface area contributed by atoms with E-state index < -0.39 is 0 Å². The van der Waals surface area contributed by atoms with E-state index in [0.29, 0.717) is 16.2 Å². The maximum absolute atomic E-state index is 6.56. The van der Waals surface area contributed by atoms with Gasteiger partial charge in [-0.2, -0.15) is 0 Å². The van der Waals surface area contributed by atoms with Gasteiger partial charge in [0, 0.05) is 6.54 Å². The van der Waals surface area contributed by atoms with Gasteiger partial charge >= 0.3 is 0 Å². The van der Waals surface area contributed by atoms with Gasteiger partial charge in [-0.05, 0) is 85.3 Å². The molecule has 1 nitrogen and oxygen atoms in total. The molecule has 2 heteroatoms. The monoisotopic (exact) mass is 347 g/mol. The Labute approximate surface area is 153 Å². The summed E-state index contributed by atoms with van der Waals surface area (Å²) in [5.41, 5.74) is 4.08. The first-order valence-corrected chi connectivity index (χ1v) is 10.3. The second-order valence-corrected chi connectivity index (χ2v) is 9.54. The smallest absolute Gasteiger partial charge is 0.0640 e. The lowest BCUT2D eigenvalue weighted by molar-refractivity contribution is -0.109. The average Bonchev–Trinajstić information content (AvgIpc) is 2.48. The van der Waals surface area contributed by atoms with Gasteiger partial charge in [-0.1, -0.05) is 45.4 Å². The van der Waals surface area contributed by atoms with Crippen LogP contribution in [-0.2, 0) is 5.41 Å². The first-order valence-electron chi connectivity index (χ1n) is 9.89. The Bertz CT molecular complexity index is 590. The highest BCUT2D eigenvalue weighted by molar-refractivity contribution is 6.33. The van der Waals surface area contributed by atoms with E-state index in [1.165, 1.54) is 44.1 Å². The maximum atomic E-state index is 6.56. The Morgan fingerprint density at radius 3 is 2.17 bits per heavy atom. The molecule has 0 saturated heterocycles. The molecule has 0 aliphatic heterocycles. The van der Waals surface area contributed by atoms with E-state index in [-0.39, 0.29) is 0 Å². The molecule has 5 rings (SSSR count). The summed E-state index contributed by atoms with van der Waals surface area (Å²) in [4.78, 5) is 0. The summed E-state index contributed by atoms with van der Waals surface area (Å²) in [5, 5.41) is 4.25. The van der Waals surface area contributed by atoms with Gasteiger partial charge in [0.25, 0.3) is 0 Å². The van der Waals surface area contributed by atoms with Crippen LogP contribution in [0.5, 0.6) is 0 Å². The van der Waals surface area contributed by atoms with Crippen molar-refractivity contribution in [3.05, 3.63) is 28.8 Å². The van der Waals surface area contributed by atoms with Crippen molar-refractivity contribution >= 4 is 17.3 Å². The summed E-state index contributed by atoms with van der Waals surface area (Å²) in [5.74, 6) is 0.929. The number of anilines is 1. The summed E-state index contributed by atoms with van der Waals surface area (Å²) < 4.78 is 0. The van der Waals surface area contributed by atoms with Gasteiger partial charge in [0.15, 0.2) is 0 Å². The van der Waals surface area contributed by atoms with Crippen molar-refractivity contribution in [3.63, 3.8) is 0 Å². The minimum absolute atomic E-state index is 0.386. The number of benzene rings is 1. The van der Waals surface area contributed by atoms with E-state index in [4.69, 9.17) is 11.6 Å². The lowest BCUT2D eigenvalue weighted by atomic mass is 9.39. The molecule has 134 valence electrons. The molecule has 1 N–H and O–H groups in total. The predicted octanol–water partition coefficient (Wildman–Crippen LogP) is 7.05. The van der Waals surface area contributed by atoms with Crippen molar-refractivity contribution in [2.75, 3.05) is 11.9 Å². The number of rotatable bonds is 3. The van der Waals surface area contributed by atoms with Crippen LogP contribution in [0.15, 0.2) is 18.2 Å². The van der Waals surface area contributed by atoms with Gasteiger partial charge in [-0.3, -0.25) is 0 Å². The Balaban J connectivity index is 0.000000815. The SMILES string of the molecule is CC.CCNc1ccc(C23CC4CC(C)(CC(C)(C4)C2)C3)cc1Cl. The molecule has 0 aromatic heterocycles. The largest absolute Gasteiger partial charge is 0.384 e. The fourth-order valence-corrected chi connectivity index (χ4v) is 7.20. The molecule has 1 aromatic rings. The van der Waals surface area contributed by atoms with Crippen molar-refractivity contribution in [1.29, 1.82) is 0 Å². The molecule has 4 saturated carbocycles. The number of hydrogen-bond donors (Lipinski definition) is 1. The molecule has 1 aromatic carbocycles. The quantitative estimate of drug-likeness (QED) is 0.617. The molecule has 0 spiro atoms. The summed E-state index contributed by atoms with van der Waals surface area (Å²) in [6.45, 7) is 12.1. The second-order valence-electron chi connectivity index (χ2n) is 9.14. The molecule has 0 amide bonds. The number of halogens is 1. The minimum Gasteiger partial charge on any atom is -0.384 e. The lowest BCUT2D eigenvalue weighted by Crippen LogP contribution is -2.56. The second kappa shape index (κ2) is 6.24. The lowest BCUT2D eigenvalue weighted by Gasteiger charge is -2.65. The van der Waals surface area contributed by atoms with Crippen LogP contribution < -0.4 is 5.32 Å². The number of hydrogen-bond acceptors (Lipinski definition) is 1. The van der Waals surface area contributed by atoms with Gasteiger partial charge in [-0.25, -0.2) is 0 Å². The molecule has 4 fully saturated rings. The highest BCUT2D eigenvalue weighted by atomic mass is 35.5. The third-order valence-electron chi connectivity index (χ3n) is 6.57. The Kier molecular flexibility index (Phi) is 4.71. The highest BCUT2D eigenvalue weighted by Gasteiger charge is 2.60. The third-order valence-corrected chi connectivity index (χ3v) is 6.89. The van der Waals surface area contributed by atoms with Gasteiger partial charge in [0.2, 0.25) is 0 Å². The van der Waals surface area contributed by atoms with E-state index in [1.807, 2.05) is 13.8 Å². The Morgan fingerprint density at radius 2 is 1.67 bits per heavy atom.